The van der Waals surface area contributed by atoms with Gasteiger partial charge in [-0.2, -0.15) is 0 Å². The maximum Gasteiger partial charge on any atom is 0.223 e. The third-order valence-electron chi connectivity index (χ3n) is 3.16. The fourth-order valence-corrected chi connectivity index (χ4v) is 2.21. The van der Waals surface area contributed by atoms with E-state index < -0.39 is 0 Å². The third-order valence-corrected chi connectivity index (χ3v) is 3.53. The number of hydrogen-bond donors (Lipinski definition) is 1. The third kappa shape index (κ3) is 4.45. The van der Waals surface area contributed by atoms with Crippen molar-refractivity contribution in [2.24, 2.45) is 0 Å². The Morgan fingerprint density at radius 1 is 1.24 bits per heavy atom. The molecule has 1 heterocycles. The average molecular weight is 305 g/mol. The van der Waals surface area contributed by atoms with Crippen molar-refractivity contribution in [1.82, 2.24) is 10.3 Å². The second-order valence-corrected chi connectivity index (χ2v) is 5.62. The standard InChI is InChI=1S/C17H21ClN2O/c1-4-13-10-15(7-8-16(13)18)21-17-14(6-5-9-19-17)11-20-12(2)3/h5-10,12,20H,4,11H2,1-3H3. The van der Waals surface area contributed by atoms with Crippen LogP contribution in [0.25, 0.3) is 0 Å². The molecule has 21 heavy (non-hydrogen) atoms. The molecule has 0 aliphatic carbocycles. The highest BCUT2D eigenvalue weighted by molar-refractivity contribution is 6.31. The lowest BCUT2D eigenvalue weighted by molar-refractivity contribution is 0.449. The zero-order valence-electron chi connectivity index (χ0n) is 12.7. The van der Waals surface area contributed by atoms with E-state index in [1.807, 2.05) is 30.3 Å². The first-order chi connectivity index (χ1) is 10.1. The summed E-state index contributed by atoms with van der Waals surface area (Å²) in [5, 5.41) is 4.15. The van der Waals surface area contributed by atoms with Gasteiger partial charge in [0.2, 0.25) is 5.88 Å². The molecule has 0 aliphatic heterocycles. The van der Waals surface area contributed by atoms with Gasteiger partial charge in [0, 0.05) is 29.4 Å². The SMILES string of the molecule is CCc1cc(Oc2ncccc2CNC(C)C)ccc1Cl. The number of halogens is 1. The van der Waals surface area contributed by atoms with Gasteiger partial charge in [-0.05, 0) is 36.2 Å². The molecule has 0 atom stereocenters. The Kier molecular flexibility index (Phi) is 5.59. The van der Waals surface area contributed by atoms with Crippen LogP contribution < -0.4 is 10.1 Å². The molecule has 0 radical (unpaired) electrons. The van der Waals surface area contributed by atoms with Crippen LogP contribution in [0.15, 0.2) is 36.5 Å². The number of nitrogens with one attached hydrogen (secondary N) is 1. The van der Waals surface area contributed by atoms with Gasteiger partial charge in [0.25, 0.3) is 0 Å². The molecule has 112 valence electrons. The van der Waals surface area contributed by atoms with Gasteiger partial charge in [-0.25, -0.2) is 4.98 Å². The largest absolute Gasteiger partial charge is 0.439 e. The smallest absolute Gasteiger partial charge is 0.223 e. The van der Waals surface area contributed by atoms with Crippen molar-refractivity contribution in [3.63, 3.8) is 0 Å². The van der Waals surface area contributed by atoms with E-state index >= 15 is 0 Å². The fourth-order valence-electron chi connectivity index (χ4n) is 1.96. The lowest BCUT2D eigenvalue weighted by Crippen LogP contribution is -2.22. The molecule has 2 rings (SSSR count). The van der Waals surface area contributed by atoms with Gasteiger partial charge < -0.3 is 10.1 Å². The Labute approximate surface area is 131 Å². The molecule has 4 heteroatoms. The predicted octanol–water partition coefficient (Wildman–Crippen LogP) is 4.59. The molecule has 0 unspecified atom stereocenters. The Morgan fingerprint density at radius 2 is 2.05 bits per heavy atom. The number of benzene rings is 1. The second kappa shape index (κ2) is 7.43. The van der Waals surface area contributed by atoms with Crippen LogP contribution >= 0.6 is 11.6 Å². The number of ether oxygens (including phenoxy) is 1. The zero-order valence-corrected chi connectivity index (χ0v) is 13.4. The molecule has 0 saturated heterocycles. The number of nitrogens with zero attached hydrogens (tertiary/aromatic N) is 1. The van der Waals surface area contributed by atoms with Gasteiger partial charge >= 0.3 is 0 Å². The summed E-state index contributed by atoms with van der Waals surface area (Å²) in [4.78, 5) is 4.33. The highest BCUT2D eigenvalue weighted by atomic mass is 35.5. The summed E-state index contributed by atoms with van der Waals surface area (Å²) in [5.74, 6) is 1.40. The van der Waals surface area contributed by atoms with Crippen LogP contribution in [-0.4, -0.2) is 11.0 Å². The van der Waals surface area contributed by atoms with Crippen molar-refractivity contribution in [2.75, 3.05) is 0 Å². The number of aromatic nitrogens is 1. The highest BCUT2D eigenvalue weighted by Gasteiger charge is 2.08. The van der Waals surface area contributed by atoms with E-state index in [2.05, 4.69) is 31.1 Å². The number of pyridine rings is 1. The second-order valence-electron chi connectivity index (χ2n) is 5.21. The van der Waals surface area contributed by atoms with Crippen molar-refractivity contribution >= 4 is 11.6 Å². The fraction of sp³-hybridized carbons (Fsp3) is 0.353. The van der Waals surface area contributed by atoms with Crippen molar-refractivity contribution in [1.29, 1.82) is 0 Å². The number of hydrogen-bond acceptors (Lipinski definition) is 3. The van der Waals surface area contributed by atoms with Crippen molar-refractivity contribution in [3.8, 4) is 11.6 Å². The monoisotopic (exact) mass is 304 g/mol. The van der Waals surface area contributed by atoms with E-state index in [4.69, 9.17) is 16.3 Å². The lowest BCUT2D eigenvalue weighted by Gasteiger charge is -2.13. The van der Waals surface area contributed by atoms with Crippen LogP contribution in [0.3, 0.4) is 0 Å². The van der Waals surface area contributed by atoms with Crippen LogP contribution in [0.2, 0.25) is 5.02 Å². The molecule has 3 nitrogen and oxygen atoms in total. The van der Waals surface area contributed by atoms with Crippen molar-refractivity contribution in [2.45, 2.75) is 39.8 Å². The summed E-state index contributed by atoms with van der Waals surface area (Å²) in [6.07, 6.45) is 2.62. The molecule has 2 aromatic rings. The van der Waals surface area contributed by atoms with Crippen LogP contribution in [0.1, 0.15) is 31.9 Å². The van der Waals surface area contributed by atoms with E-state index in [1.54, 1.807) is 6.20 Å². The van der Waals surface area contributed by atoms with Crippen molar-refractivity contribution < 1.29 is 4.74 Å². The summed E-state index contributed by atoms with van der Waals surface area (Å²) in [5.41, 5.74) is 2.12. The van der Waals surface area contributed by atoms with Crippen LogP contribution in [0.4, 0.5) is 0 Å². The van der Waals surface area contributed by atoms with Gasteiger partial charge in [-0.1, -0.05) is 38.4 Å². The molecule has 1 N–H and O–H groups in total. The Balaban J connectivity index is 2.19. The molecule has 1 aromatic carbocycles. The number of rotatable bonds is 6. The van der Waals surface area contributed by atoms with Crippen molar-refractivity contribution in [3.05, 3.63) is 52.7 Å². The highest BCUT2D eigenvalue weighted by Crippen LogP contribution is 2.27. The Morgan fingerprint density at radius 3 is 2.76 bits per heavy atom. The molecular formula is C17H21ClN2O. The minimum absolute atomic E-state index is 0.417. The summed E-state index contributed by atoms with van der Waals surface area (Å²) in [6, 6.07) is 10.1. The molecule has 0 amide bonds. The predicted molar refractivity (Wildman–Crippen MR) is 87.1 cm³/mol. The van der Waals surface area contributed by atoms with E-state index in [0.29, 0.717) is 11.9 Å². The van der Waals surface area contributed by atoms with Crippen LogP contribution in [0, 0.1) is 0 Å². The minimum Gasteiger partial charge on any atom is -0.439 e. The molecule has 1 aromatic heterocycles. The zero-order chi connectivity index (χ0) is 15.2. The normalized spacial score (nSPS) is 10.9. The average Bonchev–Trinajstić information content (AvgIpc) is 2.48. The first kappa shape index (κ1) is 15.8. The van der Waals surface area contributed by atoms with Gasteiger partial charge in [0.1, 0.15) is 5.75 Å². The maximum atomic E-state index is 6.13. The van der Waals surface area contributed by atoms with Gasteiger partial charge in [0.05, 0.1) is 0 Å². The Bertz CT molecular complexity index is 599. The maximum absolute atomic E-state index is 6.13. The van der Waals surface area contributed by atoms with Gasteiger partial charge in [-0.3, -0.25) is 0 Å². The van der Waals surface area contributed by atoms with E-state index in [1.165, 1.54) is 0 Å². The Hall–Kier alpha value is -1.58. The molecular weight excluding hydrogens is 284 g/mol. The lowest BCUT2D eigenvalue weighted by atomic mass is 10.1. The van der Waals surface area contributed by atoms with Crippen LogP contribution in [-0.2, 0) is 13.0 Å². The first-order valence-corrected chi connectivity index (χ1v) is 7.61. The molecule has 0 aliphatic rings. The summed E-state index contributed by atoms with van der Waals surface area (Å²) in [7, 11) is 0. The van der Waals surface area contributed by atoms with E-state index in [-0.39, 0.29) is 0 Å². The van der Waals surface area contributed by atoms with Crippen LogP contribution in [0.5, 0.6) is 11.6 Å². The summed E-state index contributed by atoms with van der Waals surface area (Å²) < 4.78 is 5.93. The minimum atomic E-state index is 0.417. The number of aryl methyl sites for hydroxylation is 1. The van der Waals surface area contributed by atoms with E-state index in [0.717, 1.165) is 34.9 Å². The summed E-state index contributed by atoms with van der Waals surface area (Å²) in [6.45, 7) is 7.03. The quantitative estimate of drug-likeness (QED) is 0.847. The van der Waals surface area contributed by atoms with Gasteiger partial charge in [0.15, 0.2) is 0 Å². The molecule has 0 fully saturated rings. The topological polar surface area (TPSA) is 34.1 Å². The molecule has 0 saturated carbocycles. The van der Waals surface area contributed by atoms with Gasteiger partial charge in [-0.15, -0.1) is 0 Å². The molecule has 0 bridgehead atoms. The first-order valence-electron chi connectivity index (χ1n) is 7.23. The van der Waals surface area contributed by atoms with E-state index in [9.17, 15) is 0 Å². The molecule has 0 spiro atoms. The summed E-state index contributed by atoms with van der Waals surface area (Å²) >= 11 is 6.13.